The van der Waals surface area contributed by atoms with Gasteiger partial charge >= 0.3 is 0 Å². The fraction of sp³-hybridized carbons (Fsp3) is 0.333. The second-order valence-corrected chi connectivity index (χ2v) is 3.24. The topological polar surface area (TPSA) is 79.3 Å². The molecule has 1 aliphatic carbocycles. The van der Waals surface area contributed by atoms with E-state index in [1.165, 1.54) is 6.08 Å². The van der Waals surface area contributed by atoms with E-state index in [4.69, 9.17) is 5.11 Å². The largest absolute Gasteiger partial charge is 0.392 e. The first-order valence-electron chi connectivity index (χ1n) is 4.27. The molecule has 0 aromatic carbocycles. The number of carbonyl (C=O) groups is 2. The van der Waals surface area contributed by atoms with Crippen LogP contribution in [-0.4, -0.2) is 35.0 Å². The minimum atomic E-state index is -0.394. The first-order valence-corrected chi connectivity index (χ1v) is 4.27. The number of aliphatic hydroxyl groups is 1. The average molecular weight is 194 g/mol. The number of aliphatic hydroxyl groups excluding tert-OH is 1. The predicted molar refractivity (Wildman–Crippen MR) is 47.7 cm³/mol. The molecule has 0 atom stereocenters. The van der Waals surface area contributed by atoms with E-state index >= 15 is 0 Å². The van der Waals surface area contributed by atoms with Gasteiger partial charge in [0.15, 0.2) is 5.78 Å². The van der Waals surface area contributed by atoms with E-state index in [0.717, 1.165) is 0 Å². The molecule has 1 saturated heterocycles. The SMILES string of the molecule is CC1=C(N2CN2)C(=O)C(CO)=CC1=O. The van der Waals surface area contributed by atoms with Crippen molar-refractivity contribution in [2.75, 3.05) is 13.3 Å². The third-order valence-corrected chi connectivity index (χ3v) is 2.29. The number of nitrogens with one attached hydrogen (secondary N) is 1. The zero-order valence-corrected chi connectivity index (χ0v) is 7.70. The van der Waals surface area contributed by atoms with Crippen LogP contribution in [-0.2, 0) is 9.59 Å². The molecule has 5 heteroatoms. The number of nitrogens with zero attached hydrogens (tertiary/aromatic N) is 1. The van der Waals surface area contributed by atoms with E-state index in [1.807, 2.05) is 0 Å². The molecule has 2 rings (SSSR count). The fourth-order valence-corrected chi connectivity index (χ4v) is 1.41. The van der Waals surface area contributed by atoms with Crippen LogP contribution in [0, 0.1) is 0 Å². The van der Waals surface area contributed by atoms with Gasteiger partial charge in [0, 0.05) is 11.1 Å². The number of allylic oxidation sites excluding steroid dienone is 3. The van der Waals surface area contributed by atoms with E-state index in [9.17, 15) is 9.59 Å². The number of hydrogen-bond acceptors (Lipinski definition) is 5. The molecule has 0 radical (unpaired) electrons. The van der Waals surface area contributed by atoms with Gasteiger partial charge < -0.3 is 5.11 Å². The molecule has 0 spiro atoms. The monoisotopic (exact) mass is 194 g/mol. The fourth-order valence-electron chi connectivity index (χ4n) is 1.41. The van der Waals surface area contributed by atoms with Gasteiger partial charge in [-0.05, 0) is 13.0 Å². The van der Waals surface area contributed by atoms with Crippen molar-refractivity contribution in [2.24, 2.45) is 0 Å². The lowest BCUT2D eigenvalue weighted by Crippen LogP contribution is -2.25. The molecular weight excluding hydrogens is 184 g/mol. The van der Waals surface area contributed by atoms with Crippen LogP contribution >= 0.6 is 0 Å². The van der Waals surface area contributed by atoms with Crippen LogP contribution in [0.2, 0.25) is 0 Å². The number of Topliss-reactive ketones (excluding diaryl/α,β-unsaturated/α-hetero) is 1. The molecule has 0 amide bonds. The molecule has 0 saturated carbocycles. The van der Waals surface area contributed by atoms with Crippen molar-refractivity contribution in [1.29, 1.82) is 0 Å². The summed E-state index contributed by atoms with van der Waals surface area (Å²) in [5, 5.41) is 10.5. The van der Waals surface area contributed by atoms with E-state index in [0.29, 0.717) is 17.9 Å². The van der Waals surface area contributed by atoms with Gasteiger partial charge in [0.05, 0.1) is 6.61 Å². The molecule has 74 valence electrons. The first kappa shape index (κ1) is 9.11. The van der Waals surface area contributed by atoms with Crippen LogP contribution in [0.3, 0.4) is 0 Å². The molecule has 0 unspecified atom stereocenters. The lowest BCUT2D eigenvalue weighted by Gasteiger charge is -2.15. The second-order valence-electron chi connectivity index (χ2n) is 3.24. The molecule has 1 fully saturated rings. The summed E-state index contributed by atoms with van der Waals surface area (Å²) in [5.41, 5.74) is 3.77. The van der Waals surface area contributed by atoms with Crippen molar-refractivity contribution in [3.8, 4) is 0 Å². The Morgan fingerprint density at radius 1 is 1.57 bits per heavy atom. The Labute approximate surface area is 80.7 Å². The van der Waals surface area contributed by atoms with Crippen LogP contribution in [0.25, 0.3) is 0 Å². The van der Waals surface area contributed by atoms with E-state index in [2.05, 4.69) is 5.43 Å². The van der Waals surface area contributed by atoms with Crippen molar-refractivity contribution in [2.45, 2.75) is 6.92 Å². The third-order valence-electron chi connectivity index (χ3n) is 2.29. The number of carbonyl (C=O) groups excluding carboxylic acids is 2. The molecule has 2 aliphatic rings. The predicted octanol–water partition coefficient (Wildman–Crippen LogP) is -0.891. The number of rotatable bonds is 2. The summed E-state index contributed by atoms with van der Waals surface area (Å²) in [5.74, 6) is -0.480. The zero-order valence-electron chi connectivity index (χ0n) is 7.70. The van der Waals surface area contributed by atoms with Gasteiger partial charge in [0.2, 0.25) is 5.78 Å². The molecule has 0 bridgehead atoms. The van der Waals surface area contributed by atoms with Crippen molar-refractivity contribution in [1.82, 2.24) is 10.4 Å². The van der Waals surface area contributed by atoms with Crippen molar-refractivity contribution in [3.63, 3.8) is 0 Å². The molecule has 14 heavy (non-hydrogen) atoms. The number of hydrazine groups is 1. The summed E-state index contributed by atoms with van der Waals surface area (Å²) < 4.78 is 0. The van der Waals surface area contributed by atoms with Crippen molar-refractivity contribution in [3.05, 3.63) is 22.9 Å². The van der Waals surface area contributed by atoms with Gasteiger partial charge in [-0.2, -0.15) is 0 Å². The summed E-state index contributed by atoms with van der Waals surface area (Å²) in [4.78, 5) is 23.1. The van der Waals surface area contributed by atoms with Crippen LogP contribution in [0.1, 0.15) is 6.92 Å². The smallest absolute Gasteiger partial charge is 0.209 e. The molecule has 0 aromatic rings. The molecule has 5 nitrogen and oxygen atoms in total. The van der Waals surface area contributed by atoms with Gasteiger partial charge in [-0.15, -0.1) is 0 Å². The van der Waals surface area contributed by atoms with Gasteiger partial charge in [-0.3, -0.25) is 14.6 Å². The standard InChI is InChI=1S/C9H10N2O3/c1-5-7(13)2-6(3-12)9(14)8(5)11-4-10-11/h2,10,12H,3-4H2,1H3. The van der Waals surface area contributed by atoms with Crippen LogP contribution in [0.5, 0.6) is 0 Å². The van der Waals surface area contributed by atoms with Gasteiger partial charge in [0.1, 0.15) is 12.4 Å². The normalized spacial score (nSPS) is 21.6. The van der Waals surface area contributed by atoms with Gasteiger partial charge in [0.25, 0.3) is 0 Å². The van der Waals surface area contributed by atoms with Crippen LogP contribution in [0.15, 0.2) is 22.9 Å². The maximum absolute atomic E-state index is 11.7. The summed E-state index contributed by atoms with van der Waals surface area (Å²) in [6.07, 6.45) is 1.20. The Balaban J connectivity index is 2.40. The minimum absolute atomic E-state index is 0.157. The summed E-state index contributed by atoms with van der Waals surface area (Å²) in [7, 11) is 0. The van der Waals surface area contributed by atoms with Gasteiger partial charge in [-0.1, -0.05) is 0 Å². The van der Waals surface area contributed by atoms with E-state index < -0.39 is 6.61 Å². The van der Waals surface area contributed by atoms with Crippen molar-refractivity contribution >= 4 is 11.6 Å². The Hall–Kier alpha value is -1.46. The Kier molecular flexibility index (Phi) is 1.98. The summed E-state index contributed by atoms with van der Waals surface area (Å²) in [6, 6.07) is 0. The van der Waals surface area contributed by atoms with Crippen molar-refractivity contribution < 1.29 is 14.7 Å². The third kappa shape index (κ3) is 1.26. The van der Waals surface area contributed by atoms with Gasteiger partial charge in [-0.25, -0.2) is 5.43 Å². The maximum Gasteiger partial charge on any atom is 0.209 e. The quantitative estimate of drug-likeness (QED) is 0.440. The highest BCUT2D eigenvalue weighted by Crippen LogP contribution is 2.23. The average Bonchev–Trinajstić information content (AvgIpc) is 2.95. The lowest BCUT2D eigenvalue weighted by molar-refractivity contribution is -0.117. The molecule has 1 aliphatic heterocycles. The Morgan fingerprint density at radius 3 is 2.71 bits per heavy atom. The highest BCUT2D eigenvalue weighted by Gasteiger charge is 2.33. The zero-order chi connectivity index (χ0) is 10.3. The lowest BCUT2D eigenvalue weighted by atomic mass is 9.95. The Morgan fingerprint density at radius 2 is 2.21 bits per heavy atom. The molecule has 2 N–H and O–H groups in total. The van der Waals surface area contributed by atoms with Crippen LogP contribution in [0.4, 0.5) is 0 Å². The maximum atomic E-state index is 11.7. The second kappa shape index (κ2) is 3.04. The summed E-state index contributed by atoms with van der Waals surface area (Å²) in [6.45, 7) is 1.79. The van der Waals surface area contributed by atoms with E-state index in [-0.39, 0.29) is 17.1 Å². The highest BCUT2D eigenvalue weighted by atomic mass is 16.3. The number of hydrogen-bond donors (Lipinski definition) is 2. The molecular formula is C9H10N2O3. The molecule has 1 heterocycles. The number of ketones is 2. The van der Waals surface area contributed by atoms with E-state index in [1.54, 1.807) is 11.9 Å². The van der Waals surface area contributed by atoms with Crippen LogP contribution < -0.4 is 5.43 Å². The highest BCUT2D eigenvalue weighted by molar-refractivity contribution is 6.22. The Bertz CT molecular complexity index is 378. The first-order chi connectivity index (χ1) is 6.65. The summed E-state index contributed by atoms with van der Waals surface area (Å²) >= 11 is 0. The minimum Gasteiger partial charge on any atom is -0.392 e. The molecule has 0 aromatic heterocycles.